The number of hydrogen-bond donors (Lipinski definition) is 0. The SMILES string of the molecule is Cc1ccc(-c2noc(C)c2Cn2ncc(-c3ccccc3F)cc2=O)cn1. The van der Waals surface area contributed by atoms with Gasteiger partial charge in [-0.15, -0.1) is 0 Å². The molecule has 4 rings (SSSR count). The molecule has 0 aliphatic heterocycles. The van der Waals surface area contributed by atoms with Gasteiger partial charge in [-0.2, -0.15) is 5.10 Å². The summed E-state index contributed by atoms with van der Waals surface area (Å²) in [5.74, 6) is 0.202. The molecule has 0 unspecified atom stereocenters. The molecule has 0 aliphatic carbocycles. The van der Waals surface area contributed by atoms with Gasteiger partial charge in [0.25, 0.3) is 5.56 Å². The Kier molecular flexibility index (Phi) is 4.57. The van der Waals surface area contributed by atoms with Crippen LogP contribution in [0.1, 0.15) is 17.0 Å². The van der Waals surface area contributed by atoms with Crippen molar-refractivity contribution in [3.63, 3.8) is 0 Å². The van der Waals surface area contributed by atoms with E-state index < -0.39 is 5.82 Å². The fourth-order valence-corrected chi connectivity index (χ4v) is 2.96. The van der Waals surface area contributed by atoms with Crippen LogP contribution in [0.2, 0.25) is 0 Å². The topological polar surface area (TPSA) is 73.8 Å². The Morgan fingerprint density at radius 3 is 2.61 bits per heavy atom. The normalized spacial score (nSPS) is 11.0. The Hall–Kier alpha value is -3.61. The van der Waals surface area contributed by atoms with E-state index in [1.54, 1.807) is 31.3 Å². The van der Waals surface area contributed by atoms with Gasteiger partial charge in [-0.05, 0) is 32.0 Å². The quantitative estimate of drug-likeness (QED) is 0.542. The van der Waals surface area contributed by atoms with Crippen LogP contribution in [-0.4, -0.2) is 19.9 Å². The van der Waals surface area contributed by atoms with Gasteiger partial charge in [-0.1, -0.05) is 23.4 Å². The fourth-order valence-electron chi connectivity index (χ4n) is 2.96. The molecule has 0 bridgehead atoms. The number of halogens is 1. The average molecular weight is 376 g/mol. The summed E-state index contributed by atoms with van der Waals surface area (Å²) in [7, 11) is 0. The van der Waals surface area contributed by atoms with Crippen LogP contribution in [0.5, 0.6) is 0 Å². The molecule has 0 saturated heterocycles. The molecule has 6 nitrogen and oxygen atoms in total. The molecule has 28 heavy (non-hydrogen) atoms. The third-order valence-electron chi connectivity index (χ3n) is 4.53. The zero-order chi connectivity index (χ0) is 19.7. The van der Waals surface area contributed by atoms with Crippen molar-refractivity contribution in [1.82, 2.24) is 19.9 Å². The molecule has 3 aromatic heterocycles. The maximum absolute atomic E-state index is 14.0. The van der Waals surface area contributed by atoms with E-state index in [4.69, 9.17) is 4.52 Å². The van der Waals surface area contributed by atoms with E-state index in [0.29, 0.717) is 22.6 Å². The first kappa shape index (κ1) is 17.8. The number of aromatic nitrogens is 4. The van der Waals surface area contributed by atoms with E-state index in [2.05, 4.69) is 15.2 Å². The van der Waals surface area contributed by atoms with E-state index >= 15 is 0 Å². The number of hydrogen-bond acceptors (Lipinski definition) is 5. The van der Waals surface area contributed by atoms with Gasteiger partial charge in [0.15, 0.2) is 0 Å². The molecule has 0 aliphatic rings. The number of nitrogens with zero attached hydrogens (tertiary/aromatic N) is 4. The second-order valence-corrected chi connectivity index (χ2v) is 6.47. The van der Waals surface area contributed by atoms with Crippen LogP contribution in [0.15, 0.2) is 64.2 Å². The zero-order valence-corrected chi connectivity index (χ0v) is 15.4. The first-order chi connectivity index (χ1) is 13.5. The van der Waals surface area contributed by atoms with Crippen molar-refractivity contribution < 1.29 is 8.91 Å². The predicted molar refractivity (Wildman–Crippen MR) is 102 cm³/mol. The lowest BCUT2D eigenvalue weighted by molar-refractivity contribution is 0.397. The standard InChI is InChI=1S/C21H17FN4O2/c1-13-7-8-15(10-23-13)21-18(14(2)28-25-21)12-26-20(27)9-16(11-24-26)17-5-3-4-6-19(17)22/h3-11H,12H2,1-2H3. The van der Waals surface area contributed by atoms with Gasteiger partial charge in [-0.25, -0.2) is 9.07 Å². The first-order valence-corrected chi connectivity index (χ1v) is 8.73. The van der Waals surface area contributed by atoms with Gasteiger partial charge >= 0.3 is 0 Å². The summed E-state index contributed by atoms with van der Waals surface area (Å²) in [6, 6.07) is 11.4. The van der Waals surface area contributed by atoms with Crippen LogP contribution in [0.3, 0.4) is 0 Å². The summed E-state index contributed by atoms with van der Waals surface area (Å²) in [6.45, 7) is 3.88. The largest absolute Gasteiger partial charge is 0.361 e. The Bertz CT molecular complexity index is 1200. The van der Waals surface area contributed by atoms with E-state index in [1.165, 1.54) is 23.0 Å². The summed E-state index contributed by atoms with van der Waals surface area (Å²) >= 11 is 0. The summed E-state index contributed by atoms with van der Waals surface area (Å²) in [4.78, 5) is 16.9. The number of pyridine rings is 1. The molecule has 0 fully saturated rings. The molecule has 0 atom stereocenters. The van der Waals surface area contributed by atoms with Crippen molar-refractivity contribution in [2.75, 3.05) is 0 Å². The molecule has 4 aromatic rings. The molecular formula is C21H17FN4O2. The smallest absolute Gasteiger partial charge is 0.267 e. The van der Waals surface area contributed by atoms with Crippen LogP contribution in [0, 0.1) is 19.7 Å². The van der Waals surface area contributed by atoms with Crippen molar-refractivity contribution in [2.45, 2.75) is 20.4 Å². The van der Waals surface area contributed by atoms with Gasteiger partial charge in [0, 0.05) is 40.2 Å². The Labute approximate surface area is 160 Å². The van der Waals surface area contributed by atoms with Gasteiger partial charge in [0.05, 0.1) is 12.7 Å². The predicted octanol–water partition coefficient (Wildman–Crippen LogP) is 3.76. The van der Waals surface area contributed by atoms with Crippen molar-refractivity contribution in [3.05, 3.63) is 88.0 Å². The molecule has 0 spiro atoms. The minimum Gasteiger partial charge on any atom is -0.361 e. The second kappa shape index (κ2) is 7.19. The summed E-state index contributed by atoms with van der Waals surface area (Å²) in [5.41, 5.74) is 3.50. The summed E-state index contributed by atoms with van der Waals surface area (Å²) in [6.07, 6.45) is 3.20. The lowest BCUT2D eigenvalue weighted by Crippen LogP contribution is -2.23. The highest BCUT2D eigenvalue weighted by molar-refractivity contribution is 5.63. The lowest BCUT2D eigenvalue weighted by Gasteiger charge is -2.07. The van der Waals surface area contributed by atoms with E-state index in [-0.39, 0.29) is 12.1 Å². The highest BCUT2D eigenvalue weighted by Gasteiger charge is 2.17. The number of benzene rings is 1. The highest BCUT2D eigenvalue weighted by Crippen LogP contribution is 2.25. The average Bonchev–Trinajstić information content (AvgIpc) is 3.05. The Morgan fingerprint density at radius 2 is 1.89 bits per heavy atom. The van der Waals surface area contributed by atoms with Crippen LogP contribution < -0.4 is 5.56 Å². The molecular weight excluding hydrogens is 359 g/mol. The third-order valence-corrected chi connectivity index (χ3v) is 4.53. The maximum Gasteiger partial charge on any atom is 0.267 e. The summed E-state index contributed by atoms with van der Waals surface area (Å²) < 4.78 is 20.6. The first-order valence-electron chi connectivity index (χ1n) is 8.73. The molecule has 7 heteroatoms. The number of aryl methyl sites for hydroxylation is 2. The molecule has 0 N–H and O–H groups in total. The van der Waals surface area contributed by atoms with Gasteiger partial charge in [0.1, 0.15) is 17.3 Å². The fraction of sp³-hybridized carbons (Fsp3) is 0.143. The van der Waals surface area contributed by atoms with E-state index in [1.807, 2.05) is 19.1 Å². The minimum absolute atomic E-state index is 0.189. The molecule has 0 radical (unpaired) electrons. The summed E-state index contributed by atoms with van der Waals surface area (Å²) in [5, 5.41) is 8.32. The van der Waals surface area contributed by atoms with Crippen molar-refractivity contribution in [1.29, 1.82) is 0 Å². The van der Waals surface area contributed by atoms with Crippen molar-refractivity contribution in [3.8, 4) is 22.4 Å². The second-order valence-electron chi connectivity index (χ2n) is 6.47. The van der Waals surface area contributed by atoms with Crippen molar-refractivity contribution >= 4 is 0 Å². The molecule has 3 heterocycles. The van der Waals surface area contributed by atoms with Crippen LogP contribution in [0.4, 0.5) is 4.39 Å². The monoisotopic (exact) mass is 376 g/mol. The minimum atomic E-state index is -0.398. The Balaban J connectivity index is 1.69. The van der Waals surface area contributed by atoms with Crippen molar-refractivity contribution in [2.24, 2.45) is 0 Å². The van der Waals surface area contributed by atoms with E-state index in [9.17, 15) is 9.18 Å². The van der Waals surface area contributed by atoms with Crippen LogP contribution in [0.25, 0.3) is 22.4 Å². The molecule has 0 amide bonds. The van der Waals surface area contributed by atoms with Crippen LogP contribution in [-0.2, 0) is 6.54 Å². The van der Waals surface area contributed by atoms with Gasteiger partial charge < -0.3 is 4.52 Å². The molecule has 0 saturated carbocycles. The molecule has 140 valence electrons. The number of rotatable bonds is 4. The lowest BCUT2D eigenvalue weighted by atomic mass is 10.1. The van der Waals surface area contributed by atoms with Crippen LogP contribution >= 0.6 is 0 Å². The Morgan fingerprint density at radius 1 is 1.07 bits per heavy atom. The van der Waals surface area contributed by atoms with Gasteiger partial charge in [0.2, 0.25) is 0 Å². The zero-order valence-electron chi connectivity index (χ0n) is 15.4. The van der Waals surface area contributed by atoms with Gasteiger partial charge in [-0.3, -0.25) is 9.78 Å². The maximum atomic E-state index is 14.0. The highest BCUT2D eigenvalue weighted by atomic mass is 19.1. The molecule has 1 aromatic carbocycles. The third kappa shape index (κ3) is 3.34. The van der Waals surface area contributed by atoms with E-state index in [0.717, 1.165) is 16.8 Å².